The number of anilines is 1. The maximum absolute atomic E-state index is 6.28. The summed E-state index contributed by atoms with van der Waals surface area (Å²) in [5, 5.41) is 7.67. The van der Waals surface area contributed by atoms with Crippen LogP contribution in [0.1, 0.15) is 26.2 Å². The van der Waals surface area contributed by atoms with Crippen molar-refractivity contribution in [3.05, 3.63) is 23.4 Å². The summed E-state index contributed by atoms with van der Waals surface area (Å²) in [6.45, 7) is 6.87. The summed E-state index contributed by atoms with van der Waals surface area (Å²) in [7, 11) is 2.19. The van der Waals surface area contributed by atoms with Gasteiger partial charge in [0, 0.05) is 37.9 Å². The third-order valence-electron chi connectivity index (χ3n) is 5.04. The first-order chi connectivity index (χ1) is 12.2. The maximum atomic E-state index is 6.28. The second kappa shape index (κ2) is 8.72. The van der Waals surface area contributed by atoms with Crippen LogP contribution in [0.2, 0.25) is 5.02 Å². The third-order valence-corrected chi connectivity index (χ3v) is 5.34. The van der Waals surface area contributed by atoms with Gasteiger partial charge in [-0.15, -0.1) is 0 Å². The van der Waals surface area contributed by atoms with Crippen LogP contribution in [0.15, 0.2) is 23.3 Å². The minimum atomic E-state index is 0.359. The molecule has 2 atom stereocenters. The first kappa shape index (κ1) is 18.3. The van der Waals surface area contributed by atoms with Crippen molar-refractivity contribution in [1.82, 2.24) is 20.5 Å². The van der Waals surface area contributed by atoms with Gasteiger partial charge in [0.2, 0.25) is 0 Å². The van der Waals surface area contributed by atoms with E-state index in [0.29, 0.717) is 17.1 Å². The van der Waals surface area contributed by atoms with Gasteiger partial charge in [0.05, 0.1) is 11.6 Å². The number of guanidine groups is 1. The fourth-order valence-electron chi connectivity index (χ4n) is 3.60. The number of pyridine rings is 1. The van der Waals surface area contributed by atoms with Crippen LogP contribution in [0.3, 0.4) is 0 Å². The van der Waals surface area contributed by atoms with E-state index in [-0.39, 0.29) is 0 Å². The normalized spacial score (nSPS) is 24.8. The van der Waals surface area contributed by atoms with E-state index in [0.717, 1.165) is 44.4 Å². The molecule has 0 radical (unpaired) electrons. The molecule has 0 aliphatic carbocycles. The van der Waals surface area contributed by atoms with Crippen molar-refractivity contribution < 1.29 is 0 Å². The van der Waals surface area contributed by atoms with Crippen LogP contribution in [0.25, 0.3) is 0 Å². The van der Waals surface area contributed by atoms with E-state index in [9.17, 15) is 0 Å². The Labute approximate surface area is 155 Å². The molecule has 7 heteroatoms. The predicted molar refractivity (Wildman–Crippen MR) is 105 cm³/mol. The average molecular weight is 365 g/mol. The number of hydrogen-bond acceptors (Lipinski definition) is 4. The van der Waals surface area contributed by atoms with Crippen LogP contribution in [0.5, 0.6) is 0 Å². The number of aliphatic imine (C=N–C) groups is 1. The highest BCUT2D eigenvalue weighted by molar-refractivity contribution is 6.32. The molecular weight excluding hydrogens is 336 g/mol. The summed E-state index contributed by atoms with van der Waals surface area (Å²) in [5.74, 6) is 1.80. The monoisotopic (exact) mass is 364 g/mol. The van der Waals surface area contributed by atoms with Gasteiger partial charge in [-0.1, -0.05) is 11.6 Å². The number of halogens is 1. The molecule has 1 aromatic heterocycles. The molecule has 3 rings (SSSR count). The molecule has 25 heavy (non-hydrogen) atoms. The number of hydrogen-bond donors (Lipinski definition) is 2. The van der Waals surface area contributed by atoms with Gasteiger partial charge in [-0.25, -0.2) is 4.98 Å². The molecule has 2 aliphatic rings. The molecule has 138 valence electrons. The lowest BCUT2D eigenvalue weighted by Gasteiger charge is -2.21. The van der Waals surface area contributed by atoms with Crippen LogP contribution < -0.4 is 15.5 Å². The first-order valence-corrected chi connectivity index (χ1v) is 9.65. The molecule has 2 fully saturated rings. The maximum Gasteiger partial charge on any atom is 0.191 e. The van der Waals surface area contributed by atoms with Crippen molar-refractivity contribution >= 4 is 23.4 Å². The van der Waals surface area contributed by atoms with E-state index in [2.05, 4.69) is 39.4 Å². The molecule has 2 N–H and O–H groups in total. The van der Waals surface area contributed by atoms with Crippen molar-refractivity contribution in [1.29, 1.82) is 0 Å². The topological polar surface area (TPSA) is 55.8 Å². The van der Waals surface area contributed by atoms with Crippen LogP contribution in [-0.4, -0.2) is 67.7 Å². The molecule has 0 bridgehead atoms. The van der Waals surface area contributed by atoms with E-state index >= 15 is 0 Å². The summed E-state index contributed by atoms with van der Waals surface area (Å²) in [6.07, 6.45) is 5.38. The first-order valence-electron chi connectivity index (χ1n) is 9.28. The summed E-state index contributed by atoms with van der Waals surface area (Å²) < 4.78 is 0. The lowest BCUT2D eigenvalue weighted by atomic mass is 10.2. The van der Waals surface area contributed by atoms with Gasteiger partial charge in [-0.3, -0.25) is 4.99 Å². The summed E-state index contributed by atoms with van der Waals surface area (Å²) in [5.41, 5.74) is 0. The van der Waals surface area contributed by atoms with Gasteiger partial charge in [-0.2, -0.15) is 0 Å². The van der Waals surface area contributed by atoms with Crippen LogP contribution >= 0.6 is 11.6 Å². The lowest BCUT2D eigenvalue weighted by Crippen LogP contribution is -2.45. The van der Waals surface area contributed by atoms with Crippen molar-refractivity contribution in [2.75, 3.05) is 44.7 Å². The van der Waals surface area contributed by atoms with Crippen LogP contribution in [0.4, 0.5) is 5.82 Å². The molecule has 0 spiro atoms. The van der Waals surface area contributed by atoms with Crippen molar-refractivity contribution in [2.24, 2.45) is 4.99 Å². The molecular formula is C18H29ClN6. The van der Waals surface area contributed by atoms with E-state index in [1.165, 1.54) is 19.4 Å². The average Bonchev–Trinajstić information content (AvgIpc) is 3.22. The Balaban J connectivity index is 1.56. The van der Waals surface area contributed by atoms with E-state index in [1.807, 2.05) is 12.1 Å². The van der Waals surface area contributed by atoms with E-state index in [4.69, 9.17) is 16.6 Å². The fraction of sp³-hybridized carbons (Fsp3) is 0.667. The van der Waals surface area contributed by atoms with E-state index < -0.39 is 0 Å². The van der Waals surface area contributed by atoms with Gasteiger partial charge >= 0.3 is 0 Å². The highest BCUT2D eigenvalue weighted by Crippen LogP contribution is 2.25. The summed E-state index contributed by atoms with van der Waals surface area (Å²) >= 11 is 6.28. The molecule has 2 unspecified atom stereocenters. The van der Waals surface area contributed by atoms with Crippen LogP contribution in [0, 0.1) is 0 Å². The summed E-state index contributed by atoms with van der Waals surface area (Å²) in [4.78, 5) is 13.9. The number of nitrogens with one attached hydrogen (secondary N) is 2. The fourth-order valence-corrected chi connectivity index (χ4v) is 3.84. The zero-order valence-electron chi connectivity index (χ0n) is 15.2. The van der Waals surface area contributed by atoms with Crippen molar-refractivity contribution in [2.45, 2.75) is 38.3 Å². The van der Waals surface area contributed by atoms with Crippen molar-refractivity contribution in [3.63, 3.8) is 0 Å². The van der Waals surface area contributed by atoms with Crippen molar-refractivity contribution in [3.8, 4) is 0 Å². The molecule has 0 amide bonds. The minimum Gasteiger partial charge on any atom is -0.357 e. The predicted octanol–water partition coefficient (Wildman–Crippen LogP) is 1.96. The number of likely N-dealkylation sites (tertiary alicyclic amines) is 1. The molecule has 2 saturated heterocycles. The second-order valence-corrected chi connectivity index (χ2v) is 7.29. The second-order valence-electron chi connectivity index (χ2n) is 6.88. The summed E-state index contributed by atoms with van der Waals surface area (Å²) in [6, 6.07) is 4.70. The van der Waals surface area contributed by atoms with Crippen LogP contribution in [-0.2, 0) is 0 Å². The lowest BCUT2D eigenvalue weighted by molar-refractivity contribution is 0.317. The largest absolute Gasteiger partial charge is 0.357 e. The quantitative estimate of drug-likeness (QED) is 0.618. The zero-order chi connectivity index (χ0) is 17.6. The Bertz CT molecular complexity index is 593. The SMILES string of the molecule is CCNC(=NCC1CCCN1C)NC1CCN(c2ncccc2Cl)C1. The Kier molecular flexibility index (Phi) is 6.37. The van der Waals surface area contributed by atoms with Gasteiger partial charge in [-0.05, 0) is 51.9 Å². The highest BCUT2D eigenvalue weighted by Gasteiger charge is 2.26. The van der Waals surface area contributed by atoms with Gasteiger partial charge < -0.3 is 20.4 Å². The Morgan fingerprint density at radius 1 is 1.40 bits per heavy atom. The molecule has 2 aliphatic heterocycles. The minimum absolute atomic E-state index is 0.359. The number of likely N-dealkylation sites (N-methyl/N-ethyl adjacent to an activating group) is 1. The number of rotatable bonds is 5. The Morgan fingerprint density at radius 2 is 2.28 bits per heavy atom. The van der Waals surface area contributed by atoms with Gasteiger partial charge in [0.1, 0.15) is 5.82 Å². The number of nitrogens with zero attached hydrogens (tertiary/aromatic N) is 4. The standard InChI is InChI=1S/C18H29ClN6/c1-3-20-18(22-12-15-6-5-10-24(15)2)23-14-8-11-25(13-14)17-16(19)7-4-9-21-17/h4,7,9,14-15H,3,5-6,8,10-13H2,1-2H3,(H2,20,22,23). The van der Waals surface area contributed by atoms with Gasteiger partial charge in [0.15, 0.2) is 5.96 Å². The smallest absolute Gasteiger partial charge is 0.191 e. The Hall–Kier alpha value is -1.53. The number of aromatic nitrogens is 1. The van der Waals surface area contributed by atoms with Gasteiger partial charge in [0.25, 0.3) is 0 Å². The zero-order valence-corrected chi connectivity index (χ0v) is 16.0. The molecule has 3 heterocycles. The highest BCUT2D eigenvalue weighted by atomic mass is 35.5. The molecule has 0 aromatic carbocycles. The third kappa shape index (κ3) is 4.76. The Morgan fingerprint density at radius 3 is 3.00 bits per heavy atom. The molecule has 6 nitrogen and oxygen atoms in total. The molecule has 0 saturated carbocycles. The molecule has 1 aromatic rings. The van der Waals surface area contributed by atoms with E-state index in [1.54, 1.807) is 6.20 Å².